The first kappa shape index (κ1) is 9.87. The Morgan fingerprint density at radius 1 is 1.43 bits per heavy atom. The molecule has 2 N–H and O–H groups in total. The van der Waals surface area contributed by atoms with E-state index in [9.17, 15) is 0 Å². The molecule has 1 aliphatic rings. The Kier molecular flexibility index (Phi) is 2.99. The van der Waals surface area contributed by atoms with Crippen LogP contribution < -0.4 is 5.73 Å². The van der Waals surface area contributed by atoms with Crippen LogP contribution in [0, 0.1) is 0 Å². The quantitative estimate of drug-likeness (QED) is 0.800. The summed E-state index contributed by atoms with van der Waals surface area (Å²) in [4.78, 5) is 4.39. The van der Waals surface area contributed by atoms with E-state index in [2.05, 4.69) is 4.99 Å². The molecule has 1 unspecified atom stereocenters. The summed E-state index contributed by atoms with van der Waals surface area (Å²) in [6.45, 7) is 0. The fraction of sp³-hybridized carbons (Fsp3) is 0.300. The molecule has 1 aliphatic heterocycles. The first-order valence-corrected chi connectivity index (χ1v) is 5.84. The van der Waals surface area contributed by atoms with Gasteiger partial charge in [0, 0.05) is 10.8 Å². The van der Waals surface area contributed by atoms with Crippen LogP contribution >= 0.6 is 23.4 Å². The topological polar surface area (TPSA) is 38.4 Å². The SMILES string of the molecule is NC1=NC(c2ccccc2Cl)CCS1. The average molecular weight is 227 g/mol. The van der Waals surface area contributed by atoms with E-state index in [0.29, 0.717) is 5.17 Å². The van der Waals surface area contributed by atoms with E-state index in [0.717, 1.165) is 22.8 Å². The lowest BCUT2D eigenvalue weighted by atomic mass is 10.1. The van der Waals surface area contributed by atoms with Crippen LogP contribution in [0.25, 0.3) is 0 Å². The Hall–Kier alpha value is -0.670. The number of benzene rings is 1. The van der Waals surface area contributed by atoms with Crippen molar-refractivity contribution >= 4 is 28.5 Å². The lowest BCUT2D eigenvalue weighted by molar-refractivity contribution is 0.704. The van der Waals surface area contributed by atoms with Gasteiger partial charge in [-0.2, -0.15) is 0 Å². The van der Waals surface area contributed by atoms with Crippen LogP contribution in [0.3, 0.4) is 0 Å². The molecule has 0 spiro atoms. The van der Waals surface area contributed by atoms with Crippen molar-refractivity contribution in [3.05, 3.63) is 34.9 Å². The second-order valence-corrected chi connectivity index (χ2v) is 4.66. The predicted molar refractivity (Wildman–Crippen MR) is 62.9 cm³/mol. The summed E-state index contributed by atoms with van der Waals surface area (Å²) in [5.74, 6) is 1.02. The van der Waals surface area contributed by atoms with Gasteiger partial charge in [-0.15, -0.1) is 0 Å². The van der Waals surface area contributed by atoms with E-state index in [1.807, 2.05) is 24.3 Å². The number of nitrogens with two attached hydrogens (primary N) is 1. The molecule has 4 heteroatoms. The number of rotatable bonds is 1. The van der Waals surface area contributed by atoms with Gasteiger partial charge in [-0.1, -0.05) is 41.6 Å². The van der Waals surface area contributed by atoms with E-state index in [1.165, 1.54) is 0 Å². The number of halogens is 1. The van der Waals surface area contributed by atoms with Crippen molar-refractivity contribution in [1.29, 1.82) is 0 Å². The van der Waals surface area contributed by atoms with E-state index in [1.54, 1.807) is 11.8 Å². The number of hydrogen-bond acceptors (Lipinski definition) is 3. The molecule has 0 saturated carbocycles. The Bertz CT molecular complexity index is 365. The Labute approximate surface area is 92.5 Å². The summed E-state index contributed by atoms with van der Waals surface area (Å²) in [5.41, 5.74) is 6.76. The first-order chi connectivity index (χ1) is 6.77. The number of nitrogens with zero attached hydrogens (tertiary/aromatic N) is 1. The lowest BCUT2D eigenvalue weighted by Crippen LogP contribution is -2.15. The molecule has 0 fully saturated rings. The van der Waals surface area contributed by atoms with Gasteiger partial charge < -0.3 is 5.73 Å². The molecular weight excluding hydrogens is 216 g/mol. The van der Waals surface area contributed by atoms with Crippen molar-refractivity contribution in [3.8, 4) is 0 Å². The maximum atomic E-state index is 6.09. The summed E-state index contributed by atoms with van der Waals surface area (Å²) < 4.78 is 0. The van der Waals surface area contributed by atoms with Crippen molar-refractivity contribution in [2.75, 3.05) is 5.75 Å². The Morgan fingerprint density at radius 3 is 2.93 bits per heavy atom. The van der Waals surface area contributed by atoms with Gasteiger partial charge in [-0.3, -0.25) is 4.99 Å². The van der Waals surface area contributed by atoms with Crippen LogP contribution in [0.2, 0.25) is 5.02 Å². The molecule has 1 atom stereocenters. The third-order valence-corrected chi connectivity index (χ3v) is 3.37. The first-order valence-electron chi connectivity index (χ1n) is 4.48. The third-order valence-electron chi connectivity index (χ3n) is 2.19. The number of hydrogen-bond donors (Lipinski definition) is 1. The molecule has 2 rings (SSSR count). The summed E-state index contributed by atoms with van der Waals surface area (Å²) in [5, 5.41) is 1.45. The minimum Gasteiger partial charge on any atom is -0.379 e. The summed E-state index contributed by atoms with van der Waals surface area (Å²) in [6.07, 6.45) is 1.01. The van der Waals surface area contributed by atoms with E-state index in [4.69, 9.17) is 17.3 Å². The molecule has 0 aromatic heterocycles. The molecule has 0 aliphatic carbocycles. The molecule has 2 nitrogen and oxygen atoms in total. The molecule has 0 saturated heterocycles. The van der Waals surface area contributed by atoms with Crippen LogP contribution in [0.5, 0.6) is 0 Å². The highest BCUT2D eigenvalue weighted by Gasteiger charge is 2.17. The number of thioether (sulfide) groups is 1. The summed E-state index contributed by atoms with van der Waals surface area (Å²) in [7, 11) is 0. The van der Waals surface area contributed by atoms with Crippen molar-refractivity contribution in [2.24, 2.45) is 10.7 Å². The second kappa shape index (κ2) is 4.24. The van der Waals surface area contributed by atoms with Gasteiger partial charge in [0.2, 0.25) is 0 Å². The molecule has 14 heavy (non-hydrogen) atoms. The van der Waals surface area contributed by atoms with E-state index >= 15 is 0 Å². The standard InChI is InChI=1S/C10H11ClN2S/c11-8-4-2-1-3-7(8)9-5-6-14-10(12)13-9/h1-4,9H,5-6H2,(H2,12,13). The Morgan fingerprint density at radius 2 is 2.21 bits per heavy atom. The van der Waals surface area contributed by atoms with Crippen LogP contribution in [-0.2, 0) is 0 Å². The van der Waals surface area contributed by atoms with Gasteiger partial charge in [0.15, 0.2) is 5.17 Å². The highest BCUT2D eigenvalue weighted by Crippen LogP contribution is 2.32. The minimum atomic E-state index is 0.143. The maximum absolute atomic E-state index is 6.09. The van der Waals surface area contributed by atoms with Crippen molar-refractivity contribution in [1.82, 2.24) is 0 Å². The molecule has 0 amide bonds. The minimum absolute atomic E-state index is 0.143. The molecular formula is C10H11ClN2S. The van der Waals surface area contributed by atoms with Crippen molar-refractivity contribution in [2.45, 2.75) is 12.5 Å². The Balaban J connectivity index is 2.31. The van der Waals surface area contributed by atoms with Crippen molar-refractivity contribution < 1.29 is 0 Å². The average Bonchev–Trinajstić information content (AvgIpc) is 2.18. The highest BCUT2D eigenvalue weighted by molar-refractivity contribution is 8.13. The van der Waals surface area contributed by atoms with Crippen LogP contribution in [-0.4, -0.2) is 10.9 Å². The predicted octanol–water partition coefficient (Wildman–Crippen LogP) is 2.83. The smallest absolute Gasteiger partial charge is 0.154 e. The van der Waals surface area contributed by atoms with Gasteiger partial charge in [-0.25, -0.2) is 0 Å². The normalized spacial score (nSPS) is 21.8. The third kappa shape index (κ3) is 2.04. The van der Waals surface area contributed by atoms with Gasteiger partial charge in [0.1, 0.15) is 0 Å². The second-order valence-electron chi connectivity index (χ2n) is 3.14. The largest absolute Gasteiger partial charge is 0.379 e. The van der Waals surface area contributed by atoms with Gasteiger partial charge in [0.05, 0.1) is 6.04 Å². The van der Waals surface area contributed by atoms with Gasteiger partial charge >= 0.3 is 0 Å². The van der Waals surface area contributed by atoms with E-state index in [-0.39, 0.29) is 6.04 Å². The maximum Gasteiger partial charge on any atom is 0.154 e. The molecule has 0 bridgehead atoms. The molecule has 1 heterocycles. The molecule has 1 aromatic carbocycles. The summed E-state index contributed by atoms with van der Waals surface area (Å²) in [6, 6.07) is 7.96. The van der Waals surface area contributed by atoms with Crippen molar-refractivity contribution in [3.63, 3.8) is 0 Å². The molecule has 0 radical (unpaired) electrons. The fourth-order valence-corrected chi connectivity index (χ4v) is 2.51. The van der Waals surface area contributed by atoms with Crippen LogP contribution in [0.15, 0.2) is 29.3 Å². The van der Waals surface area contributed by atoms with E-state index < -0.39 is 0 Å². The molecule has 74 valence electrons. The zero-order valence-corrected chi connectivity index (χ0v) is 9.18. The fourth-order valence-electron chi connectivity index (χ4n) is 1.50. The van der Waals surface area contributed by atoms with Crippen LogP contribution in [0.4, 0.5) is 0 Å². The van der Waals surface area contributed by atoms with Gasteiger partial charge in [0.25, 0.3) is 0 Å². The lowest BCUT2D eigenvalue weighted by Gasteiger charge is -2.18. The zero-order valence-electron chi connectivity index (χ0n) is 7.61. The highest BCUT2D eigenvalue weighted by atomic mass is 35.5. The number of amidine groups is 1. The summed E-state index contributed by atoms with van der Waals surface area (Å²) >= 11 is 7.70. The number of aliphatic imine (C=N–C) groups is 1. The van der Waals surface area contributed by atoms with Gasteiger partial charge in [-0.05, 0) is 18.1 Å². The monoisotopic (exact) mass is 226 g/mol. The van der Waals surface area contributed by atoms with Crippen LogP contribution in [0.1, 0.15) is 18.0 Å². The zero-order chi connectivity index (χ0) is 9.97. The molecule has 1 aromatic rings.